The summed E-state index contributed by atoms with van der Waals surface area (Å²) < 4.78 is 1.80. The summed E-state index contributed by atoms with van der Waals surface area (Å²) in [4.78, 5) is 17.1. The summed E-state index contributed by atoms with van der Waals surface area (Å²) in [5, 5.41) is 7.62. The zero-order valence-electron chi connectivity index (χ0n) is 14.5. The molecule has 0 aromatic carbocycles. The van der Waals surface area contributed by atoms with E-state index in [0.717, 1.165) is 56.1 Å². The van der Waals surface area contributed by atoms with Gasteiger partial charge in [-0.15, -0.1) is 0 Å². The van der Waals surface area contributed by atoms with Crippen LogP contribution in [0, 0.1) is 0 Å². The van der Waals surface area contributed by atoms with Gasteiger partial charge in [0.05, 0.1) is 11.7 Å². The van der Waals surface area contributed by atoms with Crippen molar-refractivity contribution in [2.24, 2.45) is 7.05 Å². The zero-order valence-corrected chi connectivity index (χ0v) is 14.5. The van der Waals surface area contributed by atoms with E-state index in [1.54, 1.807) is 4.68 Å². The Balaban J connectivity index is 2.07. The van der Waals surface area contributed by atoms with Gasteiger partial charge in [-0.05, 0) is 26.8 Å². The van der Waals surface area contributed by atoms with Crippen LogP contribution < -0.4 is 5.32 Å². The first-order chi connectivity index (χ1) is 10.5. The summed E-state index contributed by atoms with van der Waals surface area (Å²) >= 11 is 0. The molecule has 1 aromatic rings. The van der Waals surface area contributed by atoms with Crippen molar-refractivity contribution < 1.29 is 4.79 Å². The van der Waals surface area contributed by atoms with Crippen LogP contribution in [-0.4, -0.2) is 64.8 Å². The van der Waals surface area contributed by atoms with Crippen LogP contribution in [-0.2, 0) is 24.7 Å². The Labute approximate surface area is 133 Å². The molecule has 6 nitrogen and oxygen atoms in total. The molecule has 0 spiro atoms. The van der Waals surface area contributed by atoms with E-state index in [1.807, 2.05) is 14.0 Å². The quantitative estimate of drug-likeness (QED) is 0.886. The summed E-state index contributed by atoms with van der Waals surface area (Å²) in [5.74, 6) is 0.912. The molecule has 6 heteroatoms. The van der Waals surface area contributed by atoms with Gasteiger partial charge in [0, 0.05) is 38.8 Å². The average molecular weight is 307 g/mol. The summed E-state index contributed by atoms with van der Waals surface area (Å²) in [6.45, 7) is 10.1. The number of anilines is 1. The molecule has 1 amide bonds. The highest BCUT2D eigenvalue weighted by molar-refractivity contribution is 5.94. The molecule has 1 aromatic heterocycles. The molecule has 1 aliphatic heterocycles. The van der Waals surface area contributed by atoms with E-state index in [4.69, 9.17) is 0 Å². The Morgan fingerprint density at radius 3 is 2.36 bits per heavy atom. The lowest BCUT2D eigenvalue weighted by atomic mass is 10.1. The first-order valence-electron chi connectivity index (χ1n) is 8.26. The van der Waals surface area contributed by atoms with Crippen LogP contribution in [0.3, 0.4) is 0 Å². The van der Waals surface area contributed by atoms with Gasteiger partial charge in [-0.25, -0.2) is 0 Å². The number of aryl methyl sites for hydroxylation is 2. The Bertz CT molecular complexity index is 517. The minimum atomic E-state index is -0.113. The third-order valence-electron chi connectivity index (χ3n) is 4.62. The van der Waals surface area contributed by atoms with Crippen LogP contribution in [0.2, 0.25) is 0 Å². The number of nitrogens with zero attached hydrogens (tertiary/aromatic N) is 4. The van der Waals surface area contributed by atoms with Crippen LogP contribution in [0.15, 0.2) is 0 Å². The molecular formula is C16H29N5O. The summed E-state index contributed by atoms with van der Waals surface area (Å²) in [5.41, 5.74) is 2.23. The highest BCUT2D eigenvalue weighted by Gasteiger charge is 2.26. The smallest absolute Gasteiger partial charge is 0.242 e. The van der Waals surface area contributed by atoms with Gasteiger partial charge in [0.15, 0.2) is 0 Å². The van der Waals surface area contributed by atoms with Gasteiger partial charge in [-0.3, -0.25) is 14.4 Å². The number of rotatable bonds is 5. The third-order valence-corrected chi connectivity index (χ3v) is 4.62. The second-order valence-electron chi connectivity index (χ2n) is 6.11. The van der Waals surface area contributed by atoms with E-state index in [2.05, 4.69) is 41.1 Å². The molecule has 22 heavy (non-hydrogen) atoms. The Morgan fingerprint density at radius 2 is 1.82 bits per heavy atom. The van der Waals surface area contributed by atoms with Crippen molar-refractivity contribution in [2.45, 2.75) is 39.7 Å². The van der Waals surface area contributed by atoms with E-state index in [9.17, 15) is 4.79 Å². The molecule has 2 heterocycles. The van der Waals surface area contributed by atoms with Crippen molar-refractivity contribution in [3.63, 3.8) is 0 Å². The minimum Gasteiger partial charge on any atom is -0.309 e. The molecule has 1 fully saturated rings. The number of piperazine rings is 1. The van der Waals surface area contributed by atoms with Crippen LogP contribution in [0.4, 0.5) is 5.82 Å². The number of hydrogen-bond acceptors (Lipinski definition) is 4. The van der Waals surface area contributed by atoms with Gasteiger partial charge in [0.25, 0.3) is 0 Å². The highest BCUT2D eigenvalue weighted by atomic mass is 16.2. The fraction of sp³-hybridized carbons (Fsp3) is 0.750. The molecule has 124 valence electrons. The van der Waals surface area contributed by atoms with Crippen molar-refractivity contribution in [3.05, 3.63) is 11.3 Å². The van der Waals surface area contributed by atoms with Crippen molar-refractivity contribution in [1.82, 2.24) is 19.6 Å². The van der Waals surface area contributed by atoms with Crippen LogP contribution >= 0.6 is 0 Å². The fourth-order valence-electron chi connectivity index (χ4n) is 3.03. The molecule has 1 aliphatic rings. The largest absolute Gasteiger partial charge is 0.309 e. The lowest BCUT2D eigenvalue weighted by Crippen LogP contribution is -2.51. The van der Waals surface area contributed by atoms with Crippen LogP contribution in [0.1, 0.15) is 32.0 Å². The molecule has 0 aliphatic carbocycles. The maximum Gasteiger partial charge on any atom is 0.242 e. The van der Waals surface area contributed by atoms with Gasteiger partial charge in [-0.2, -0.15) is 5.10 Å². The summed E-state index contributed by atoms with van der Waals surface area (Å²) in [6.07, 6.45) is 1.77. The third kappa shape index (κ3) is 3.50. The maximum atomic E-state index is 12.6. The van der Waals surface area contributed by atoms with Gasteiger partial charge in [-0.1, -0.05) is 13.8 Å². The highest BCUT2D eigenvalue weighted by Crippen LogP contribution is 2.21. The van der Waals surface area contributed by atoms with Gasteiger partial charge in [0.2, 0.25) is 5.91 Å². The molecule has 0 radical (unpaired) electrons. The zero-order chi connectivity index (χ0) is 16.3. The number of likely N-dealkylation sites (N-methyl/N-ethyl adjacent to an activating group) is 1. The molecular weight excluding hydrogens is 278 g/mol. The minimum absolute atomic E-state index is 0.0601. The first-order valence-corrected chi connectivity index (χ1v) is 8.26. The number of amides is 1. The molecule has 1 N–H and O–H groups in total. The van der Waals surface area contributed by atoms with Crippen LogP contribution in [0.25, 0.3) is 0 Å². The molecule has 0 bridgehead atoms. The Morgan fingerprint density at radius 1 is 1.18 bits per heavy atom. The molecule has 1 saturated heterocycles. The summed E-state index contributed by atoms with van der Waals surface area (Å²) in [6, 6.07) is -0.113. The fourth-order valence-corrected chi connectivity index (χ4v) is 3.03. The van der Waals surface area contributed by atoms with E-state index in [0.29, 0.717) is 0 Å². The summed E-state index contributed by atoms with van der Waals surface area (Å²) in [7, 11) is 4.02. The number of carbonyl (C=O) groups excluding carboxylic acids is 1. The van der Waals surface area contributed by atoms with E-state index in [1.165, 1.54) is 0 Å². The van der Waals surface area contributed by atoms with Crippen molar-refractivity contribution >= 4 is 11.7 Å². The first kappa shape index (κ1) is 17.0. The number of nitrogens with one attached hydrogen (secondary N) is 1. The maximum absolute atomic E-state index is 12.6. The lowest BCUT2D eigenvalue weighted by Gasteiger charge is -2.35. The number of carbonyl (C=O) groups is 1. The Kier molecular flexibility index (Phi) is 5.58. The van der Waals surface area contributed by atoms with E-state index in [-0.39, 0.29) is 11.9 Å². The number of hydrogen-bond donors (Lipinski definition) is 1. The standard InChI is InChI=1S/C16H29N5O/c1-6-13-14(7-2)18-20(5)15(13)17-16(22)12(3)21-10-8-19(4)9-11-21/h12H,6-11H2,1-5H3,(H,17,22). The van der Waals surface area contributed by atoms with Crippen molar-refractivity contribution in [3.8, 4) is 0 Å². The predicted molar refractivity (Wildman–Crippen MR) is 89.1 cm³/mol. The lowest BCUT2D eigenvalue weighted by molar-refractivity contribution is -0.121. The Hall–Kier alpha value is -1.40. The SMILES string of the molecule is CCc1nn(C)c(NC(=O)C(C)N2CCN(C)CC2)c1CC. The van der Waals surface area contributed by atoms with E-state index >= 15 is 0 Å². The molecule has 1 unspecified atom stereocenters. The topological polar surface area (TPSA) is 53.4 Å². The van der Waals surface area contributed by atoms with Gasteiger partial charge < -0.3 is 10.2 Å². The predicted octanol–water partition coefficient (Wildman–Crippen LogP) is 1.12. The molecule has 0 saturated carbocycles. The average Bonchev–Trinajstić information content (AvgIpc) is 2.82. The van der Waals surface area contributed by atoms with Crippen molar-refractivity contribution in [2.75, 3.05) is 38.5 Å². The second-order valence-corrected chi connectivity index (χ2v) is 6.11. The molecule has 2 rings (SSSR count). The number of aromatic nitrogens is 2. The van der Waals surface area contributed by atoms with Crippen molar-refractivity contribution in [1.29, 1.82) is 0 Å². The molecule has 1 atom stereocenters. The second kappa shape index (κ2) is 7.24. The van der Waals surface area contributed by atoms with Crippen LogP contribution in [0.5, 0.6) is 0 Å². The normalized spacial score (nSPS) is 18.4. The monoisotopic (exact) mass is 307 g/mol. The van der Waals surface area contributed by atoms with E-state index < -0.39 is 0 Å². The van der Waals surface area contributed by atoms with Gasteiger partial charge in [0.1, 0.15) is 5.82 Å². The van der Waals surface area contributed by atoms with Gasteiger partial charge >= 0.3 is 0 Å².